The lowest BCUT2D eigenvalue weighted by atomic mass is 10.2. The van der Waals surface area contributed by atoms with Crippen molar-refractivity contribution in [3.8, 4) is 0 Å². The van der Waals surface area contributed by atoms with Gasteiger partial charge in [-0.25, -0.2) is 0 Å². The Hall–Kier alpha value is -1.60. The molecule has 5 nitrogen and oxygen atoms in total. The largest absolute Gasteiger partial charge is 0.397 e. The quantitative estimate of drug-likeness (QED) is 0.794. The summed E-state index contributed by atoms with van der Waals surface area (Å²) in [5, 5.41) is 3.33. The van der Waals surface area contributed by atoms with Gasteiger partial charge in [0.05, 0.1) is 5.69 Å². The van der Waals surface area contributed by atoms with Crippen LogP contribution in [0, 0.1) is 0 Å². The summed E-state index contributed by atoms with van der Waals surface area (Å²) >= 11 is 4.69. The molecule has 7 heteroatoms. The van der Waals surface area contributed by atoms with E-state index >= 15 is 0 Å². The number of amides is 2. The predicted octanol–water partition coefficient (Wildman–Crippen LogP) is 1.85. The van der Waals surface area contributed by atoms with Gasteiger partial charge in [0.2, 0.25) is 5.91 Å². The molecular weight excluding hydrogens is 330 g/mol. The fourth-order valence-corrected chi connectivity index (χ4v) is 3.39. The minimum absolute atomic E-state index is 0.384. The lowest BCUT2D eigenvalue weighted by Gasteiger charge is -2.09. The van der Waals surface area contributed by atoms with Gasteiger partial charge >= 0.3 is 0 Å². The molecule has 2 aromatic rings. The smallest absolute Gasteiger partial charge is 0.264 e. The molecule has 0 spiro atoms. The lowest BCUT2D eigenvalue weighted by molar-refractivity contribution is -0.119. The first-order valence-electron chi connectivity index (χ1n) is 5.48. The summed E-state index contributed by atoms with van der Waals surface area (Å²) < 4.78 is 1.74. The SMILES string of the molecule is CC(NC(=O)c1sc2cccc(Br)c2c1N)C(N)=O. The van der Waals surface area contributed by atoms with Gasteiger partial charge < -0.3 is 16.8 Å². The van der Waals surface area contributed by atoms with E-state index in [1.165, 1.54) is 18.3 Å². The Kier molecular flexibility index (Phi) is 3.77. The topological polar surface area (TPSA) is 98.2 Å². The summed E-state index contributed by atoms with van der Waals surface area (Å²) in [6, 6.07) is 4.88. The molecule has 0 aliphatic heterocycles. The Balaban J connectivity index is 2.41. The van der Waals surface area contributed by atoms with E-state index in [0.29, 0.717) is 10.6 Å². The first-order chi connectivity index (χ1) is 8.91. The molecule has 0 bridgehead atoms. The van der Waals surface area contributed by atoms with Crippen LogP contribution in [0.3, 0.4) is 0 Å². The molecule has 19 heavy (non-hydrogen) atoms. The summed E-state index contributed by atoms with van der Waals surface area (Å²) in [7, 11) is 0. The van der Waals surface area contributed by atoms with E-state index in [0.717, 1.165) is 14.6 Å². The fourth-order valence-electron chi connectivity index (χ4n) is 1.63. The van der Waals surface area contributed by atoms with E-state index in [2.05, 4.69) is 21.2 Å². The number of rotatable bonds is 3. The van der Waals surface area contributed by atoms with Crippen molar-refractivity contribution in [1.29, 1.82) is 0 Å². The van der Waals surface area contributed by atoms with Crippen molar-refractivity contribution >= 4 is 54.9 Å². The molecule has 0 saturated carbocycles. The first-order valence-corrected chi connectivity index (χ1v) is 7.09. The van der Waals surface area contributed by atoms with Crippen molar-refractivity contribution < 1.29 is 9.59 Å². The third-order valence-electron chi connectivity index (χ3n) is 2.68. The number of nitrogens with one attached hydrogen (secondary N) is 1. The van der Waals surface area contributed by atoms with Crippen LogP contribution in [0.1, 0.15) is 16.6 Å². The van der Waals surface area contributed by atoms with Gasteiger partial charge in [-0.1, -0.05) is 22.0 Å². The second-order valence-electron chi connectivity index (χ2n) is 4.06. The number of nitrogens with two attached hydrogens (primary N) is 2. The Morgan fingerprint density at radius 1 is 1.42 bits per heavy atom. The molecule has 0 radical (unpaired) electrons. The molecule has 2 amide bonds. The maximum absolute atomic E-state index is 12.1. The van der Waals surface area contributed by atoms with Crippen LogP contribution in [0.25, 0.3) is 10.1 Å². The zero-order chi connectivity index (χ0) is 14.2. The van der Waals surface area contributed by atoms with Crippen molar-refractivity contribution in [1.82, 2.24) is 5.32 Å². The third kappa shape index (κ3) is 2.57. The molecule has 5 N–H and O–H groups in total. The highest BCUT2D eigenvalue weighted by Crippen LogP contribution is 2.38. The average Bonchev–Trinajstić information content (AvgIpc) is 2.68. The van der Waals surface area contributed by atoms with Gasteiger partial charge in [-0.15, -0.1) is 11.3 Å². The number of thiophene rings is 1. The summed E-state index contributed by atoms with van der Waals surface area (Å²) in [6.07, 6.45) is 0. The number of anilines is 1. The van der Waals surface area contributed by atoms with Crippen LogP contribution >= 0.6 is 27.3 Å². The lowest BCUT2D eigenvalue weighted by Crippen LogP contribution is -2.42. The number of hydrogen-bond donors (Lipinski definition) is 3. The van der Waals surface area contributed by atoms with E-state index in [9.17, 15) is 9.59 Å². The molecule has 1 heterocycles. The van der Waals surface area contributed by atoms with Gasteiger partial charge in [-0.2, -0.15) is 0 Å². The number of halogens is 1. The number of carbonyl (C=O) groups is 2. The molecule has 0 saturated heterocycles. The minimum atomic E-state index is -0.736. The highest BCUT2D eigenvalue weighted by atomic mass is 79.9. The van der Waals surface area contributed by atoms with E-state index in [1.807, 2.05) is 18.2 Å². The average molecular weight is 342 g/mol. The zero-order valence-corrected chi connectivity index (χ0v) is 12.5. The van der Waals surface area contributed by atoms with Gasteiger partial charge in [-0.05, 0) is 19.1 Å². The van der Waals surface area contributed by atoms with Crippen molar-refractivity contribution in [2.24, 2.45) is 5.73 Å². The number of hydrogen-bond acceptors (Lipinski definition) is 4. The van der Waals surface area contributed by atoms with Crippen LogP contribution in [0.15, 0.2) is 22.7 Å². The van der Waals surface area contributed by atoms with Gasteiger partial charge in [-0.3, -0.25) is 9.59 Å². The molecule has 0 aliphatic carbocycles. The molecule has 2 rings (SSSR count). The molecule has 0 fully saturated rings. The van der Waals surface area contributed by atoms with E-state index in [4.69, 9.17) is 11.5 Å². The van der Waals surface area contributed by atoms with Gasteiger partial charge in [0, 0.05) is 14.6 Å². The van der Waals surface area contributed by atoms with Crippen molar-refractivity contribution in [2.45, 2.75) is 13.0 Å². The maximum Gasteiger partial charge on any atom is 0.264 e. The second-order valence-corrected chi connectivity index (χ2v) is 5.96. The van der Waals surface area contributed by atoms with Crippen LogP contribution in [0.5, 0.6) is 0 Å². The predicted molar refractivity (Wildman–Crippen MR) is 80.1 cm³/mol. The summed E-state index contributed by atoms with van der Waals surface area (Å²) in [4.78, 5) is 23.4. The summed E-state index contributed by atoms with van der Waals surface area (Å²) in [6.45, 7) is 1.53. The highest BCUT2D eigenvalue weighted by Gasteiger charge is 2.20. The Morgan fingerprint density at radius 2 is 2.11 bits per heavy atom. The first kappa shape index (κ1) is 13.8. The zero-order valence-electron chi connectivity index (χ0n) is 10.1. The Bertz CT molecular complexity index is 668. The summed E-state index contributed by atoms with van der Waals surface area (Å²) in [5.41, 5.74) is 11.5. The fraction of sp³-hybridized carbons (Fsp3) is 0.167. The van der Waals surface area contributed by atoms with Crippen LogP contribution in [0.4, 0.5) is 5.69 Å². The van der Waals surface area contributed by atoms with Crippen LogP contribution in [-0.4, -0.2) is 17.9 Å². The highest BCUT2D eigenvalue weighted by molar-refractivity contribution is 9.10. The number of carbonyl (C=O) groups excluding carboxylic acids is 2. The monoisotopic (exact) mass is 341 g/mol. The summed E-state index contributed by atoms with van der Waals surface area (Å²) in [5.74, 6) is -0.980. The van der Waals surface area contributed by atoms with Crippen LogP contribution in [-0.2, 0) is 4.79 Å². The van der Waals surface area contributed by atoms with E-state index in [-0.39, 0.29) is 0 Å². The second kappa shape index (κ2) is 5.18. The number of primary amides is 1. The molecule has 1 atom stereocenters. The van der Waals surface area contributed by atoms with Gasteiger partial charge in [0.1, 0.15) is 10.9 Å². The van der Waals surface area contributed by atoms with Crippen LogP contribution in [0.2, 0.25) is 0 Å². The van der Waals surface area contributed by atoms with Crippen molar-refractivity contribution in [3.05, 3.63) is 27.5 Å². The van der Waals surface area contributed by atoms with Crippen LogP contribution < -0.4 is 16.8 Å². The number of fused-ring (bicyclic) bond motifs is 1. The molecule has 1 aromatic carbocycles. The molecule has 1 unspecified atom stereocenters. The molecule has 0 aliphatic rings. The Morgan fingerprint density at radius 3 is 2.68 bits per heavy atom. The Labute approximate surface area is 122 Å². The van der Waals surface area contributed by atoms with Crippen molar-refractivity contribution in [3.63, 3.8) is 0 Å². The molecular formula is C12H12BrN3O2S. The van der Waals surface area contributed by atoms with E-state index < -0.39 is 17.9 Å². The third-order valence-corrected chi connectivity index (χ3v) is 4.51. The van der Waals surface area contributed by atoms with Gasteiger partial charge in [0.25, 0.3) is 5.91 Å². The standard InChI is InChI=1S/C12H12BrN3O2S/c1-5(11(15)17)16-12(18)10-9(14)8-6(13)3-2-4-7(8)19-10/h2-5H,14H2,1H3,(H2,15,17)(H,16,18). The molecule has 100 valence electrons. The van der Waals surface area contributed by atoms with Crippen molar-refractivity contribution in [2.75, 3.05) is 5.73 Å². The maximum atomic E-state index is 12.1. The normalized spacial score (nSPS) is 12.3. The number of nitrogen functional groups attached to an aromatic ring is 1. The minimum Gasteiger partial charge on any atom is -0.397 e. The van der Waals surface area contributed by atoms with E-state index in [1.54, 1.807) is 0 Å². The molecule has 1 aromatic heterocycles. The number of benzene rings is 1. The van der Waals surface area contributed by atoms with Gasteiger partial charge in [0.15, 0.2) is 0 Å².